The van der Waals surface area contributed by atoms with Crippen LogP contribution in [0.4, 0.5) is 0 Å². The van der Waals surface area contributed by atoms with Gasteiger partial charge in [0.05, 0.1) is 18.6 Å². The fourth-order valence-corrected chi connectivity index (χ4v) is 1.80. The fraction of sp³-hybridized carbons (Fsp3) is 0.909. The van der Waals surface area contributed by atoms with Crippen molar-refractivity contribution in [3.05, 3.63) is 0 Å². The van der Waals surface area contributed by atoms with Crippen molar-refractivity contribution in [2.75, 3.05) is 0 Å². The van der Waals surface area contributed by atoms with Crippen LogP contribution in [-0.2, 0) is 14.3 Å². The lowest BCUT2D eigenvalue weighted by Gasteiger charge is -2.40. The molecule has 0 aromatic heterocycles. The minimum atomic E-state index is -1.40. The number of aliphatic carboxylic acids is 1. The molecule has 6 atom stereocenters. The Bertz CT molecular complexity index is 283. The van der Waals surface area contributed by atoms with Gasteiger partial charge in [-0.1, -0.05) is 6.92 Å². The van der Waals surface area contributed by atoms with E-state index in [1.54, 1.807) is 6.92 Å². The average Bonchev–Trinajstić information content (AvgIpc) is 2.31. The van der Waals surface area contributed by atoms with E-state index in [9.17, 15) is 20.1 Å². The second-order valence-corrected chi connectivity index (χ2v) is 4.45. The van der Waals surface area contributed by atoms with E-state index in [0.29, 0.717) is 6.42 Å². The van der Waals surface area contributed by atoms with Gasteiger partial charge in [0.1, 0.15) is 18.3 Å². The molecule has 1 aliphatic rings. The van der Waals surface area contributed by atoms with Gasteiger partial charge in [0.15, 0.2) is 6.29 Å². The highest BCUT2D eigenvalue weighted by Crippen LogP contribution is 2.23. The highest BCUT2D eigenvalue weighted by atomic mass is 16.7. The zero-order valence-electron chi connectivity index (χ0n) is 10.4. The number of carbonyl (C=O) groups is 1. The first-order valence-corrected chi connectivity index (χ1v) is 5.93. The largest absolute Gasteiger partial charge is 0.481 e. The lowest BCUT2D eigenvalue weighted by molar-refractivity contribution is -0.304. The average molecular weight is 264 g/mol. The molecule has 1 rings (SSSR count). The van der Waals surface area contributed by atoms with E-state index in [2.05, 4.69) is 0 Å². The molecule has 1 heterocycles. The van der Waals surface area contributed by atoms with Crippen LogP contribution in [0.3, 0.4) is 0 Å². The molecule has 7 nitrogen and oxygen atoms in total. The van der Waals surface area contributed by atoms with Crippen LogP contribution in [0.15, 0.2) is 0 Å². The zero-order chi connectivity index (χ0) is 13.9. The lowest BCUT2D eigenvalue weighted by atomic mass is 10.00. The molecule has 1 fully saturated rings. The number of hydrogen-bond acceptors (Lipinski definition) is 6. The van der Waals surface area contributed by atoms with Crippen LogP contribution in [0, 0.1) is 0 Å². The van der Waals surface area contributed by atoms with Crippen LogP contribution in [0.2, 0.25) is 0 Å². The summed E-state index contributed by atoms with van der Waals surface area (Å²) in [5.41, 5.74) is 0. The predicted octanol–water partition coefficient (Wildman–Crippen LogP) is -0.916. The summed E-state index contributed by atoms with van der Waals surface area (Å²) >= 11 is 0. The highest BCUT2D eigenvalue weighted by molar-refractivity contribution is 5.67. The van der Waals surface area contributed by atoms with Crippen LogP contribution in [0.5, 0.6) is 0 Å². The van der Waals surface area contributed by atoms with E-state index in [-0.39, 0.29) is 6.42 Å². The molecule has 0 amide bonds. The van der Waals surface area contributed by atoms with Gasteiger partial charge in [-0.15, -0.1) is 0 Å². The van der Waals surface area contributed by atoms with Crippen molar-refractivity contribution in [2.45, 2.75) is 63.5 Å². The van der Waals surface area contributed by atoms with Crippen molar-refractivity contribution in [2.24, 2.45) is 0 Å². The summed E-state index contributed by atoms with van der Waals surface area (Å²) in [5, 5.41) is 37.4. The second kappa shape index (κ2) is 6.44. The molecule has 0 aromatic rings. The number of aliphatic hydroxyl groups is 3. The van der Waals surface area contributed by atoms with Crippen molar-refractivity contribution in [1.29, 1.82) is 0 Å². The van der Waals surface area contributed by atoms with Crippen molar-refractivity contribution < 1.29 is 34.7 Å². The predicted molar refractivity (Wildman–Crippen MR) is 59.8 cm³/mol. The van der Waals surface area contributed by atoms with Crippen molar-refractivity contribution >= 4 is 5.97 Å². The van der Waals surface area contributed by atoms with Gasteiger partial charge in [-0.2, -0.15) is 0 Å². The Balaban J connectivity index is 2.62. The minimum absolute atomic E-state index is 0.212. The Morgan fingerprint density at radius 1 is 1.28 bits per heavy atom. The summed E-state index contributed by atoms with van der Waals surface area (Å²) in [7, 11) is 0. The van der Waals surface area contributed by atoms with Crippen LogP contribution >= 0.6 is 0 Å². The van der Waals surface area contributed by atoms with Gasteiger partial charge in [-0.25, -0.2) is 0 Å². The standard InChI is InChI=1S/C11H20O7/c1-3-6(4-7(12)13)18-11-10(16)9(15)8(14)5(2)17-11/h5-6,8-11,14-16H,3-4H2,1-2H3,(H,12,13)/t5?,6-,8+,9+,10?,11+/m1/s1. The number of hydrogen-bond donors (Lipinski definition) is 4. The Morgan fingerprint density at radius 3 is 2.39 bits per heavy atom. The molecule has 2 unspecified atom stereocenters. The number of rotatable bonds is 5. The summed E-state index contributed by atoms with van der Waals surface area (Å²) < 4.78 is 10.5. The minimum Gasteiger partial charge on any atom is -0.481 e. The third kappa shape index (κ3) is 3.63. The van der Waals surface area contributed by atoms with Crippen LogP contribution < -0.4 is 0 Å². The maximum Gasteiger partial charge on any atom is 0.305 e. The van der Waals surface area contributed by atoms with Crippen LogP contribution in [-0.4, -0.2) is 63.2 Å². The van der Waals surface area contributed by atoms with Gasteiger partial charge < -0.3 is 29.9 Å². The first kappa shape index (κ1) is 15.3. The molecule has 0 aromatic carbocycles. The maximum atomic E-state index is 10.6. The smallest absolute Gasteiger partial charge is 0.305 e. The quantitative estimate of drug-likeness (QED) is 0.507. The van der Waals surface area contributed by atoms with Gasteiger partial charge in [-0.3, -0.25) is 4.79 Å². The van der Waals surface area contributed by atoms with Crippen molar-refractivity contribution in [3.63, 3.8) is 0 Å². The Hall–Kier alpha value is -0.730. The molecule has 0 bridgehead atoms. The molecule has 4 N–H and O–H groups in total. The number of carboxylic acid groups (broad SMARTS) is 1. The summed E-state index contributed by atoms with van der Waals surface area (Å²) in [5.74, 6) is -1.01. The van der Waals surface area contributed by atoms with Crippen molar-refractivity contribution in [1.82, 2.24) is 0 Å². The number of ether oxygens (including phenoxy) is 2. The van der Waals surface area contributed by atoms with Gasteiger partial charge in [-0.05, 0) is 13.3 Å². The number of carboxylic acids is 1. The molecule has 0 spiro atoms. The Morgan fingerprint density at radius 2 is 1.89 bits per heavy atom. The molecule has 18 heavy (non-hydrogen) atoms. The van der Waals surface area contributed by atoms with E-state index in [1.807, 2.05) is 0 Å². The molecule has 1 saturated heterocycles. The third-order valence-electron chi connectivity index (χ3n) is 2.99. The van der Waals surface area contributed by atoms with Gasteiger partial charge in [0.25, 0.3) is 0 Å². The molecule has 0 aliphatic carbocycles. The topological polar surface area (TPSA) is 116 Å². The monoisotopic (exact) mass is 264 g/mol. The fourth-order valence-electron chi connectivity index (χ4n) is 1.80. The first-order valence-electron chi connectivity index (χ1n) is 5.93. The van der Waals surface area contributed by atoms with Crippen LogP contribution in [0.1, 0.15) is 26.7 Å². The zero-order valence-corrected chi connectivity index (χ0v) is 10.4. The third-order valence-corrected chi connectivity index (χ3v) is 2.99. The summed E-state index contributed by atoms with van der Waals surface area (Å²) in [6.07, 6.45) is -6.20. The van der Waals surface area contributed by atoms with E-state index in [0.717, 1.165) is 0 Å². The normalized spacial score (nSPS) is 38.4. The van der Waals surface area contributed by atoms with Crippen molar-refractivity contribution in [3.8, 4) is 0 Å². The van der Waals surface area contributed by atoms with E-state index >= 15 is 0 Å². The highest BCUT2D eigenvalue weighted by Gasteiger charge is 2.43. The van der Waals surface area contributed by atoms with E-state index < -0.39 is 42.8 Å². The summed E-state index contributed by atoms with van der Waals surface area (Å²) in [6.45, 7) is 3.28. The maximum absolute atomic E-state index is 10.6. The molecule has 1 aliphatic heterocycles. The second-order valence-electron chi connectivity index (χ2n) is 4.45. The van der Waals surface area contributed by atoms with E-state index in [1.165, 1.54) is 6.92 Å². The molecule has 0 saturated carbocycles. The van der Waals surface area contributed by atoms with Gasteiger partial charge in [0.2, 0.25) is 0 Å². The Kier molecular flexibility index (Phi) is 5.48. The molecule has 7 heteroatoms. The SMILES string of the molecule is CC[C@H](CC(=O)O)O[C@@H]1OC(C)[C@H](O)[C@H](O)C1O. The Labute approximate surface area is 105 Å². The van der Waals surface area contributed by atoms with Gasteiger partial charge in [0, 0.05) is 0 Å². The summed E-state index contributed by atoms with van der Waals surface area (Å²) in [6, 6.07) is 0. The lowest BCUT2D eigenvalue weighted by Crippen LogP contribution is -2.58. The molecule has 106 valence electrons. The first-order chi connectivity index (χ1) is 8.36. The molecular formula is C11H20O7. The molecule has 0 radical (unpaired) electrons. The van der Waals surface area contributed by atoms with Crippen LogP contribution in [0.25, 0.3) is 0 Å². The van der Waals surface area contributed by atoms with E-state index in [4.69, 9.17) is 14.6 Å². The number of aliphatic hydroxyl groups excluding tert-OH is 3. The summed E-state index contributed by atoms with van der Waals surface area (Å²) in [4.78, 5) is 10.6. The molecular weight excluding hydrogens is 244 g/mol. The van der Waals surface area contributed by atoms with Gasteiger partial charge >= 0.3 is 5.97 Å².